The quantitative estimate of drug-likeness (QED) is 0.596. The van der Waals surface area contributed by atoms with Gasteiger partial charge in [-0.2, -0.15) is 0 Å². The molecule has 1 unspecified atom stereocenters. The van der Waals surface area contributed by atoms with E-state index in [1.165, 1.54) is 13.0 Å². The summed E-state index contributed by atoms with van der Waals surface area (Å²) in [7, 11) is 2.29. The zero-order valence-electron chi connectivity index (χ0n) is 10.0. The molecule has 0 spiro atoms. The summed E-state index contributed by atoms with van der Waals surface area (Å²) in [6.07, 6.45) is 1.36. The van der Waals surface area contributed by atoms with Crippen molar-refractivity contribution < 1.29 is 28.9 Å². The number of halogens is 1. The topological polar surface area (TPSA) is 4.44 Å². The number of nitrogens with one attached hydrogen (secondary N) is 1. The summed E-state index contributed by atoms with van der Waals surface area (Å²) in [4.78, 5) is 1.66. The number of hydrogen-bond donors (Lipinski definition) is 1. The Bertz CT molecular complexity index is 98.7. The second-order valence-corrected chi connectivity index (χ2v) is 4.76. The van der Waals surface area contributed by atoms with Crippen LogP contribution in [0.1, 0.15) is 41.0 Å². The Hall–Kier alpha value is 0.690. The van der Waals surface area contributed by atoms with E-state index in [1.807, 2.05) is 0 Å². The smallest absolute Gasteiger partial charge is 0.0815 e. The summed E-state index contributed by atoms with van der Waals surface area (Å²) in [6.45, 7) is 12.9. The molecule has 0 radical (unpaired) electrons. The van der Waals surface area contributed by atoms with Crippen molar-refractivity contribution in [2.45, 2.75) is 47.1 Å². The molecule has 0 aromatic rings. The molecule has 0 aliphatic heterocycles. The van der Waals surface area contributed by atoms with Crippen LogP contribution in [-0.2, 0) is 0 Å². The normalized spacial score (nSPS) is 15.7. The Morgan fingerprint density at radius 1 is 1.00 bits per heavy atom. The molecule has 2 atom stereocenters. The first kappa shape index (κ1) is 16.1. The van der Waals surface area contributed by atoms with Gasteiger partial charge in [-0.05, 0) is 32.1 Å². The first-order valence-corrected chi connectivity index (χ1v) is 5.27. The van der Waals surface area contributed by atoms with Gasteiger partial charge in [0.1, 0.15) is 0 Å². The maximum absolute atomic E-state index is 2.36. The molecule has 0 saturated carbocycles. The van der Waals surface area contributed by atoms with Crippen LogP contribution in [0.15, 0.2) is 0 Å². The fraction of sp³-hybridized carbons (Fsp3) is 1.00. The standard InChI is InChI=1S/C11H25N.HI/c1-9(2)11(5)7-8-12(6)10(3)4;/h9-11H,7-8H2,1-6H3;1H/t11-;/m1./s1. The van der Waals surface area contributed by atoms with Gasteiger partial charge in [-0.15, -0.1) is 0 Å². The fourth-order valence-corrected chi connectivity index (χ4v) is 1.08. The molecule has 0 amide bonds. The second-order valence-electron chi connectivity index (χ2n) is 4.76. The van der Waals surface area contributed by atoms with Crippen molar-refractivity contribution in [3.05, 3.63) is 0 Å². The van der Waals surface area contributed by atoms with Crippen LogP contribution in [-0.4, -0.2) is 19.6 Å². The zero-order valence-corrected chi connectivity index (χ0v) is 12.2. The van der Waals surface area contributed by atoms with Gasteiger partial charge < -0.3 is 28.9 Å². The summed E-state index contributed by atoms with van der Waals surface area (Å²) in [5.74, 6) is 1.71. The highest BCUT2D eigenvalue weighted by atomic mass is 127. The van der Waals surface area contributed by atoms with Gasteiger partial charge in [-0.1, -0.05) is 20.8 Å². The second kappa shape index (κ2) is 8.04. The first-order chi connectivity index (χ1) is 5.45. The maximum atomic E-state index is 2.36. The molecule has 0 heterocycles. The lowest BCUT2D eigenvalue weighted by atomic mass is 9.94. The van der Waals surface area contributed by atoms with Gasteiger partial charge in [0.2, 0.25) is 0 Å². The Morgan fingerprint density at radius 2 is 1.46 bits per heavy atom. The van der Waals surface area contributed by atoms with E-state index in [1.54, 1.807) is 4.90 Å². The molecule has 0 saturated heterocycles. The van der Waals surface area contributed by atoms with Crippen LogP contribution in [0.5, 0.6) is 0 Å². The minimum Gasteiger partial charge on any atom is -1.00 e. The molecule has 13 heavy (non-hydrogen) atoms. The Labute approximate surface area is 101 Å². The zero-order chi connectivity index (χ0) is 9.72. The molecular weight excluding hydrogens is 273 g/mol. The van der Waals surface area contributed by atoms with Crippen LogP contribution >= 0.6 is 0 Å². The third-order valence-electron chi connectivity index (χ3n) is 3.12. The van der Waals surface area contributed by atoms with Gasteiger partial charge in [-0.25, -0.2) is 0 Å². The van der Waals surface area contributed by atoms with Gasteiger partial charge in [0.15, 0.2) is 0 Å². The lowest BCUT2D eigenvalue weighted by molar-refractivity contribution is -0.902. The molecule has 0 aliphatic carbocycles. The van der Waals surface area contributed by atoms with E-state index in [2.05, 4.69) is 41.7 Å². The van der Waals surface area contributed by atoms with Crippen molar-refractivity contribution in [3.8, 4) is 0 Å². The highest BCUT2D eigenvalue weighted by molar-refractivity contribution is 4.55. The van der Waals surface area contributed by atoms with Crippen LogP contribution < -0.4 is 28.9 Å². The van der Waals surface area contributed by atoms with E-state index in [4.69, 9.17) is 0 Å². The molecular formula is C11H26IN. The van der Waals surface area contributed by atoms with E-state index >= 15 is 0 Å². The largest absolute Gasteiger partial charge is 1.00 e. The third-order valence-corrected chi connectivity index (χ3v) is 3.12. The summed E-state index contributed by atoms with van der Waals surface area (Å²) in [6, 6.07) is 0.768. The van der Waals surface area contributed by atoms with Gasteiger partial charge in [0.25, 0.3) is 0 Å². The molecule has 82 valence electrons. The van der Waals surface area contributed by atoms with E-state index < -0.39 is 0 Å². The lowest BCUT2D eigenvalue weighted by Crippen LogP contribution is -3.12. The summed E-state index contributed by atoms with van der Waals surface area (Å²) in [5, 5.41) is 0. The van der Waals surface area contributed by atoms with Gasteiger partial charge >= 0.3 is 0 Å². The van der Waals surface area contributed by atoms with Crippen molar-refractivity contribution in [3.63, 3.8) is 0 Å². The third kappa shape index (κ3) is 7.74. The minimum absolute atomic E-state index is 0. The predicted molar refractivity (Wildman–Crippen MR) is 55.5 cm³/mol. The van der Waals surface area contributed by atoms with Gasteiger partial charge in [0.05, 0.1) is 19.6 Å². The van der Waals surface area contributed by atoms with Crippen LogP contribution in [0.3, 0.4) is 0 Å². The Balaban J connectivity index is 0. The predicted octanol–water partition coefficient (Wildman–Crippen LogP) is -1.40. The summed E-state index contributed by atoms with van der Waals surface area (Å²) in [5.41, 5.74) is 0. The molecule has 0 fully saturated rings. The lowest BCUT2D eigenvalue weighted by Gasteiger charge is -2.21. The average molecular weight is 299 g/mol. The number of hydrogen-bond acceptors (Lipinski definition) is 0. The van der Waals surface area contributed by atoms with Crippen LogP contribution in [0.4, 0.5) is 0 Å². The van der Waals surface area contributed by atoms with Gasteiger partial charge in [-0.3, -0.25) is 0 Å². The van der Waals surface area contributed by atoms with Gasteiger partial charge in [0, 0.05) is 0 Å². The fourth-order valence-electron chi connectivity index (χ4n) is 1.08. The Morgan fingerprint density at radius 3 is 1.77 bits per heavy atom. The highest BCUT2D eigenvalue weighted by Crippen LogP contribution is 2.11. The average Bonchev–Trinajstić information content (AvgIpc) is 1.98. The van der Waals surface area contributed by atoms with Crippen LogP contribution in [0.25, 0.3) is 0 Å². The van der Waals surface area contributed by atoms with Crippen molar-refractivity contribution >= 4 is 0 Å². The number of quaternary nitrogens is 1. The van der Waals surface area contributed by atoms with Crippen LogP contribution in [0, 0.1) is 11.8 Å². The van der Waals surface area contributed by atoms with E-state index in [-0.39, 0.29) is 24.0 Å². The van der Waals surface area contributed by atoms with Crippen molar-refractivity contribution in [2.75, 3.05) is 13.6 Å². The summed E-state index contributed by atoms with van der Waals surface area (Å²) >= 11 is 0. The molecule has 1 nitrogen and oxygen atoms in total. The van der Waals surface area contributed by atoms with Crippen molar-refractivity contribution in [1.82, 2.24) is 0 Å². The SMILES string of the molecule is CC(C)[C@H](C)CC[NH+](C)C(C)C.[I-]. The molecule has 0 aromatic carbocycles. The van der Waals surface area contributed by atoms with Crippen molar-refractivity contribution in [1.29, 1.82) is 0 Å². The molecule has 2 heteroatoms. The van der Waals surface area contributed by atoms with E-state index in [9.17, 15) is 0 Å². The Kier molecular flexibility index (Phi) is 9.97. The van der Waals surface area contributed by atoms with Crippen molar-refractivity contribution in [2.24, 2.45) is 11.8 Å². The van der Waals surface area contributed by atoms with Crippen LogP contribution in [0.2, 0.25) is 0 Å². The summed E-state index contributed by atoms with van der Waals surface area (Å²) < 4.78 is 0. The highest BCUT2D eigenvalue weighted by Gasteiger charge is 2.11. The molecule has 0 aliphatic rings. The van der Waals surface area contributed by atoms with E-state index in [0.717, 1.165) is 17.9 Å². The number of rotatable bonds is 5. The monoisotopic (exact) mass is 299 g/mol. The molecule has 0 bridgehead atoms. The molecule has 0 rings (SSSR count). The molecule has 0 aromatic heterocycles. The first-order valence-electron chi connectivity index (χ1n) is 5.27. The van der Waals surface area contributed by atoms with E-state index in [0.29, 0.717) is 0 Å². The maximum Gasteiger partial charge on any atom is 0.0815 e. The molecule has 1 N–H and O–H groups in total. The minimum atomic E-state index is 0.